The van der Waals surface area contributed by atoms with Crippen molar-refractivity contribution in [3.05, 3.63) is 64.4 Å². The topological polar surface area (TPSA) is 69.5 Å². The number of aliphatic hydroxyl groups is 1. The van der Waals surface area contributed by atoms with E-state index >= 15 is 0 Å². The molecule has 0 aliphatic heterocycles. The zero-order valence-corrected chi connectivity index (χ0v) is 15.4. The molecule has 1 atom stereocenters. The molecule has 0 spiro atoms. The lowest BCUT2D eigenvalue weighted by Crippen LogP contribution is -2.38. The number of nitrogens with zero attached hydrogens (tertiary/aromatic N) is 2. The first-order chi connectivity index (χ1) is 12.1. The summed E-state index contributed by atoms with van der Waals surface area (Å²) in [6.07, 6.45) is 1.97. The van der Waals surface area contributed by atoms with Gasteiger partial charge in [-0.2, -0.15) is 0 Å². The zero-order valence-electron chi connectivity index (χ0n) is 14.7. The van der Waals surface area contributed by atoms with Crippen LogP contribution < -0.4 is 10.6 Å². The molecule has 2 rings (SSSR count). The number of aryl methyl sites for hydroxylation is 1. The van der Waals surface area contributed by atoms with Gasteiger partial charge in [-0.3, -0.25) is 4.99 Å². The molecule has 134 valence electrons. The highest BCUT2D eigenvalue weighted by Gasteiger charge is 2.07. The Hall–Kier alpha value is -2.11. The van der Waals surface area contributed by atoms with Crippen LogP contribution in [0.5, 0.6) is 0 Å². The summed E-state index contributed by atoms with van der Waals surface area (Å²) in [5, 5.41) is 17.3. The lowest BCUT2D eigenvalue weighted by atomic mass is 10.1. The number of halogens is 1. The van der Waals surface area contributed by atoms with Gasteiger partial charge in [0.25, 0.3) is 0 Å². The average Bonchev–Trinajstić information content (AvgIpc) is 2.61. The highest BCUT2D eigenvalue weighted by Crippen LogP contribution is 2.14. The second kappa shape index (κ2) is 10.0. The Kier molecular flexibility index (Phi) is 7.70. The molecule has 1 aromatic heterocycles. The van der Waals surface area contributed by atoms with E-state index in [1.807, 2.05) is 44.2 Å². The Morgan fingerprint density at radius 2 is 2.12 bits per heavy atom. The normalized spacial score (nSPS) is 12.7. The van der Waals surface area contributed by atoms with E-state index in [0.29, 0.717) is 17.7 Å². The largest absolute Gasteiger partial charge is 0.386 e. The summed E-state index contributed by atoms with van der Waals surface area (Å²) in [7, 11) is 0. The highest BCUT2D eigenvalue weighted by molar-refractivity contribution is 6.29. The number of aliphatic hydroxyl groups excluding tert-OH is 1. The van der Waals surface area contributed by atoms with Crippen molar-refractivity contribution < 1.29 is 5.11 Å². The van der Waals surface area contributed by atoms with Crippen molar-refractivity contribution in [2.24, 2.45) is 4.99 Å². The van der Waals surface area contributed by atoms with Crippen molar-refractivity contribution in [2.75, 3.05) is 19.6 Å². The molecule has 1 aromatic carbocycles. The van der Waals surface area contributed by atoms with Gasteiger partial charge in [0, 0.05) is 19.3 Å². The SMILES string of the molecule is CCNC(=NCC(O)c1cccc(C)c1)NCCc1ccc(Cl)nc1. The summed E-state index contributed by atoms with van der Waals surface area (Å²) in [4.78, 5) is 8.54. The van der Waals surface area contributed by atoms with Gasteiger partial charge in [-0.25, -0.2) is 4.98 Å². The van der Waals surface area contributed by atoms with Gasteiger partial charge in [0.15, 0.2) is 5.96 Å². The van der Waals surface area contributed by atoms with Crippen LogP contribution in [0.25, 0.3) is 0 Å². The Morgan fingerprint density at radius 3 is 2.80 bits per heavy atom. The zero-order chi connectivity index (χ0) is 18.1. The summed E-state index contributed by atoms with van der Waals surface area (Å²) in [5.74, 6) is 0.691. The Morgan fingerprint density at radius 1 is 1.28 bits per heavy atom. The fourth-order valence-corrected chi connectivity index (χ4v) is 2.49. The summed E-state index contributed by atoms with van der Waals surface area (Å²) in [6, 6.07) is 11.6. The van der Waals surface area contributed by atoms with Crippen LogP contribution in [0.3, 0.4) is 0 Å². The van der Waals surface area contributed by atoms with Crippen LogP contribution in [0.1, 0.15) is 29.7 Å². The number of hydrogen-bond donors (Lipinski definition) is 3. The van der Waals surface area contributed by atoms with Gasteiger partial charge in [-0.15, -0.1) is 0 Å². The lowest BCUT2D eigenvalue weighted by molar-refractivity contribution is 0.187. The number of benzene rings is 1. The van der Waals surface area contributed by atoms with Gasteiger partial charge >= 0.3 is 0 Å². The maximum absolute atomic E-state index is 10.3. The second-order valence-electron chi connectivity index (χ2n) is 5.82. The van der Waals surface area contributed by atoms with Gasteiger partial charge in [0.1, 0.15) is 5.15 Å². The first-order valence-corrected chi connectivity index (χ1v) is 8.83. The molecule has 0 fully saturated rings. The minimum absolute atomic E-state index is 0.307. The fraction of sp³-hybridized carbons (Fsp3) is 0.368. The molecule has 0 amide bonds. The van der Waals surface area contributed by atoms with E-state index in [-0.39, 0.29) is 0 Å². The van der Waals surface area contributed by atoms with E-state index in [2.05, 4.69) is 20.6 Å². The Balaban J connectivity index is 1.87. The van der Waals surface area contributed by atoms with Crippen molar-refractivity contribution in [3.63, 3.8) is 0 Å². The maximum Gasteiger partial charge on any atom is 0.191 e. The molecule has 0 aliphatic rings. The molecule has 2 aromatic rings. The monoisotopic (exact) mass is 360 g/mol. The van der Waals surface area contributed by atoms with E-state index < -0.39 is 6.10 Å². The van der Waals surface area contributed by atoms with Crippen LogP contribution in [-0.4, -0.2) is 35.7 Å². The quantitative estimate of drug-likeness (QED) is 0.403. The molecule has 5 nitrogen and oxygen atoms in total. The van der Waals surface area contributed by atoms with Crippen LogP contribution in [-0.2, 0) is 6.42 Å². The standard InChI is InChI=1S/C19H25ClN4O/c1-3-21-19(22-10-9-15-7-8-18(20)23-12-15)24-13-17(25)16-6-4-5-14(2)11-16/h4-8,11-12,17,25H,3,9-10,13H2,1-2H3,(H2,21,22,24). The summed E-state index contributed by atoms with van der Waals surface area (Å²) in [6.45, 7) is 5.81. The van der Waals surface area contributed by atoms with Crippen molar-refractivity contribution in [1.82, 2.24) is 15.6 Å². The predicted octanol–water partition coefficient (Wildman–Crippen LogP) is 2.87. The van der Waals surface area contributed by atoms with E-state index in [0.717, 1.165) is 36.2 Å². The summed E-state index contributed by atoms with van der Waals surface area (Å²) < 4.78 is 0. The molecular formula is C19H25ClN4O. The van der Waals surface area contributed by atoms with E-state index in [1.54, 1.807) is 12.3 Å². The number of nitrogens with one attached hydrogen (secondary N) is 2. The first-order valence-electron chi connectivity index (χ1n) is 8.45. The van der Waals surface area contributed by atoms with Gasteiger partial charge in [0.2, 0.25) is 0 Å². The minimum Gasteiger partial charge on any atom is -0.386 e. The second-order valence-corrected chi connectivity index (χ2v) is 6.20. The van der Waals surface area contributed by atoms with Crippen LogP contribution in [0.2, 0.25) is 5.15 Å². The maximum atomic E-state index is 10.3. The van der Waals surface area contributed by atoms with Crippen molar-refractivity contribution in [3.8, 4) is 0 Å². The third-order valence-corrected chi connectivity index (χ3v) is 3.91. The van der Waals surface area contributed by atoms with Gasteiger partial charge in [-0.05, 0) is 37.5 Å². The molecule has 25 heavy (non-hydrogen) atoms. The smallest absolute Gasteiger partial charge is 0.191 e. The van der Waals surface area contributed by atoms with Gasteiger partial charge in [0.05, 0.1) is 12.6 Å². The minimum atomic E-state index is -0.615. The number of aromatic nitrogens is 1. The van der Waals surface area contributed by atoms with Gasteiger partial charge < -0.3 is 15.7 Å². The Bertz CT molecular complexity index is 688. The van der Waals surface area contributed by atoms with Crippen LogP contribution >= 0.6 is 11.6 Å². The molecule has 0 radical (unpaired) electrons. The number of guanidine groups is 1. The van der Waals surface area contributed by atoms with Gasteiger partial charge in [-0.1, -0.05) is 47.5 Å². The van der Waals surface area contributed by atoms with E-state index in [1.165, 1.54) is 0 Å². The number of hydrogen-bond acceptors (Lipinski definition) is 3. The van der Waals surface area contributed by atoms with Crippen molar-refractivity contribution in [1.29, 1.82) is 0 Å². The van der Waals surface area contributed by atoms with Crippen LogP contribution in [0.15, 0.2) is 47.6 Å². The molecule has 0 aliphatic carbocycles. The molecule has 0 bridgehead atoms. The molecule has 3 N–H and O–H groups in total. The molecule has 1 heterocycles. The highest BCUT2D eigenvalue weighted by atomic mass is 35.5. The first kappa shape index (κ1) is 19.2. The van der Waals surface area contributed by atoms with E-state index in [4.69, 9.17) is 11.6 Å². The number of aliphatic imine (C=N–C) groups is 1. The molecule has 6 heteroatoms. The molecule has 0 saturated carbocycles. The molecule has 1 unspecified atom stereocenters. The van der Waals surface area contributed by atoms with Crippen LogP contribution in [0, 0.1) is 6.92 Å². The number of rotatable bonds is 7. The van der Waals surface area contributed by atoms with Crippen molar-refractivity contribution in [2.45, 2.75) is 26.4 Å². The number of pyridine rings is 1. The summed E-state index contributed by atoms with van der Waals surface area (Å²) in [5.41, 5.74) is 3.11. The lowest BCUT2D eigenvalue weighted by Gasteiger charge is -2.13. The van der Waals surface area contributed by atoms with Crippen LogP contribution in [0.4, 0.5) is 0 Å². The Labute approximate surface area is 154 Å². The third-order valence-electron chi connectivity index (χ3n) is 3.69. The van der Waals surface area contributed by atoms with Crippen molar-refractivity contribution >= 4 is 17.6 Å². The molecule has 0 saturated heterocycles. The summed E-state index contributed by atoms with van der Waals surface area (Å²) >= 11 is 5.79. The third kappa shape index (κ3) is 6.72. The average molecular weight is 361 g/mol. The fourth-order valence-electron chi connectivity index (χ4n) is 2.38. The predicted molar refractivity (Wildman–Crippen MR) is 103 cm³/mol. The molecular weight excluding hydrogens is 336 g/mol. The van der Waals surface area contributed by atoms with E-state index in [9.17, 15) is 5.11 Å².